The topological polar surface area (TPSA) is 81.4 Å². The van der Waals surface area contributed by atoms with Crippen LogP contribution in [-0.2, 0) is 16.6 Å². The molecule has 0 aliphatic heterocycles. The summed E-state index contributed by atoms with van der Waals surface area (Å²) in [5, 5.41) is 0. The number of rotatable bonds is 6. The molecule has 0 spiro atoms. The molecule has 112 valence electrons. The van der Waals surface area contributed by atoms with Crippen molar-refractivity contribution in [3.05, 3.63) is 23.8 Å². The van der Waals surface area contributed by atoms with Crippen molar-refractivity contribution in [1.29, 1.82) is 0 Å². The van der Waals surface area contributed by atoms with Gasteiger partial charge in [-0.05, 0) is 36.0 Å². The summed E-state index contributed by atoms with van der Waals surface area (Å²) in [6.45, 7) is 5.01. The third-order valence-corrected chi connectivity index (χ3v) is 5.44. The van der Waals surface area contributed by atoms with Crippen LogP contribution in [-0.4, -0.2) is 22.1 Å². The van der Waals surface area contributed by atoms with Gasteiger partial charge in [0.2, 0.25) is 10.0 Å². The van der Waals surface area contributed by atoms with E-state index in [1.165, 1.54) is 7.11 Å². The Labute approximate surface area is 120 Å². The summed E-state index contributed by atoms with van der Waals surface area (Å²) in [7, 11) is -1.95. The van der Waals surface area contributed by atoms with Crippen molar-refractivity contribution >= 4 is 10.0 Å². The molecule has 1 unspecified atom stereocenters. The molecular formula is C14H22N2O3S. The molecule has 1 aromatic carbocycles. The maximum atomic E-state index is 12.3. The van der Waals surface area contributed by atoms with E-state index in [2.05, 4.69) is 18.6 Å². The number of ether oxygens (including phenoxy) is 1. The smallest absolute Gasteiger partial charge is 0.240 e. The third kappa shape index (κ3) is 3.13. The fourth-order valence-electron chi connectivity index (χ4n) is 2.30. The van der Waals surface area contributed by atoms with E-state index in [4.69, 9.17) is 10.5 Å². The lowest BCUT2D eigenvalue weighted by molar-refractivity contribution is 0.409. The van der Waals surface area contributed by atoms with Crippen LogP contribution in [0.1, 0.15) is 25.8 Å². The van der Waals surface area contributed by atoms with E-state index in [9.17, 15) is 8.42 Å². The Hall–Kier alpha value is -1.11. The van der Waals surface area contributed by atoms with Gasteiger partial charge in [0.15, 0.2) is 0 Å². The zero-order valence-corrected chi connectivity index (χ0v) is 13.0. The van der Waals surface area contributed by atoms with Crippen LogP contribution in [0.25, 0.3) is 0 Å². The Kier molecular flexibility index (Phi) is 4.09. The van der Waals surface area contributed by atoms with Gasteiger partial charge in [0, 0.05) is 18.7 Å². The van der Waals surface area contributed by atoms with E-state index < -0.39 is 10.0 Å². The first-order valence-electron chi connectivity index (χ1n) is 6.67. The van der Waals surface area contributed by atoms with Gasteiger partial charge >= 0.3 is 0 Å². The molecule has 20 heavy (non-hydrogen) atoms. The summed E-state index contributed by atoms with van der Waals surface area (Å²) in [6.07, 6.45) is 1.06. The summed E-state index contributed by atoms with van der Waals surface area (Å²) >= 11 is 0. The number of nitrogens with two attached hydrogens (primary N) is 1. The van der Waals surface area contributed by atoms with Crippen molar-refractivity contribution < 1.29 is 13.2 Å². The van der Waals surface area contributed by atoms with Crippen LogP contribution >= 0.6 is 0 Å². The molecule has 5 nitrogen and oxygen atoms in total. The number of sulfonamides is 1. The highest BCUT2D eigenvalue weighted by Crippen LogP contribution is 2.51. The quantitative estimate of drug-likeness (QED) is 0.833. The summed E-state index contributed by atoms with van der Waals surface area (Å²) in [4.78, 5) is 0.234. The number of benzene rings is 1. The lowest BCUT2D eigenvalue weighted by Gasteiger charge is -2.11. The van der Waals surface area contributed by atoms with Crippen LogP contribution < -0.4 is 15.2 Å². The first kappa shape index (κ1) is 15.3. The second kappa shape index (κ2) is 5.35. The maximum Gasteiger partial charge on any atom is 0.240 e. The van der Waals surface area contributed by atoms with E-state index in [0.717, 1.165) is 6.42 Å². The van der Waals surface area contributed by atoms with Crippen molar-refractivity contribution in [2.24, 2.45) is 17.1 Å². The molecule has 6 heteroatoms. The highest BCUT2D eigenvalue weighted by molar-refractivity contribution is 7.89. The van der Waals surface area contributed by atoms with E-state index in [1.807, 2.05) is 0 Å². The SMILES string of the molecule is COc1ccc(S(=O)(=O)NCC2CC2(C)C)cc1CN. The number of methoxy groups -OCH3 is 1. The molecule has 0 saturated heterocycles. The summed E-state index contributed by atoms with van der Waals surface area (Å²) < 4.78 is 32.3. The van der Waals surface area contributed by atoms with Gasteiger partial charge in [-0.1, -0.05) is 13.8 Å². The maximum absolute atomic E-state index is 12.3. The third-order valence-electron chi connectivity index (χ3n) is 4.02. The molecule has 2 rings (SSSR count). The van der Waals surface area contributed by atoms with Gasteiger partial charge in [0.05, 0.1) is 12.0 Å². The van der Waals surface area contributed by atoms with E-state index in [0.29, 0.717) is 23.8 Å². The van der Waals surface area contributed by atoms with E-state index in [-0.39, 0.29) is 16.9 Å². The molecule has 1 aliphatic carbocycles. The molecule has 0 radical (unpaired) electrons. The monoisotopic (exact) mass is 298 g/mol. The zero-order chi connectivity index (χ0) is 15.0. The van der Waals surface area contributed by atoms with E-state index in [1.54, 1.807) is 18.2 Å². The predicted molar refractivity (Wildman–Crippen MR) is 78.0 cm³/mol. The van der Waals surface area contributed by atoms with Crippen molar-refractivity contribution in [3.8, 4) is 5.75 Å². The minimum absolute atomic E-state index is 0.234. The van der Waals surface area contributed by atoms with Crippen molar-refractivity contribution in [3.63, 3.8) is 0 Å². The van der Waals surface area contributed by atoms with Gasteiger partial charge in [-0.15, -0.1) is 0 Å². The van der Waals surface area contributed by atoms with Gasteiger partial charge in [0.25, 0.3) is 0 Å². The van der Waals surface area contributed by atoms with Crippen LogP contribution in [0.3, 0.4) is 0 Å². The van der Waals surface area contributed by atoms with Crippen LogP contribution in [0.2, 0.25) is 0 Å². The second-order valence-corrected chi connectivity index (χ2v) is 7.69. The molecule has 1 aromatic rings. The lowest BCUT2D eigenvalue weighted by atomic mass is 10.1. The summed E-state index contributed by atoms with van der Waals surface area (Å²) in [5.74, 6) is 1.03. The molecule has 3 N–H and O–H groups in total. The Morgan fingerprint density at radius 1 is 1.45 bits per heavy atom. The molecular weight excluding hydrogens is 276 g/mol. The number of nitrogens with one attached hydrogen (secondary N) is 1. The van der Waals surface area contributed by atoms with Gasteiger partial charge in [-0.25, -0.2) is 13.1 Å². The first-order valence-corrected chi connectivity index (χ1v) is 8.15. The fraction of sp³-hybridized carbons (Fsp3) is 0.571. The molecule has 0 amide bonds. The molecule has 0 heterocycles. The normalized spacial score (nSPS) is 20.7. The van der Waals surface area contributed by atoms with Gasteiger partial charge in [0.1, 0.15) is 5.75 Å². The minimum Gasteiger partial charge on any atom is -0.496 e. The van der Waals surface area contributed by atoms with Crippen LogP contribution in [0, 0.1) is 11.3 Å². The summed E-state index contributed by atoms with van der Waals surface area (Å²) in [5.41, 5.74) is 6.55. The van der Waals surface area contributed by atoms with Crippen LogP contribution in [0.5, 0.6) is 5.75 Å². The minimum atomic E-state index is -3.48. The first-order chi connectivity index (χ1) is 9.30. The molecule has 1 aliphatic rings. The Balaban J connectivity index is 2.13. The largest absolute Gasteiger partial charge is 0.496 e. The highest BCUT2D eigenvalue weighted by Gasteiger charge is 2.45. The fourth-order valence-corrected chi connectivity index (χ4v) is 3.43. The second-order valence-electron chi connectivity index (χ2n) is 5.92. The average Bonchev–Trinajstić information content (AvgIpc) is 3.03. The van der Waals surface area contributed by atoms with Crippen LogP contribution in [0.15, 0.2) is 23.1 Å². The molecule has 1 saturated carbocycles. The van der Waals surface area contributed by atoms with Gasteiger partial charge < -0.3 is 10.5 Å². The lowest BCUT2D eigenvalue weighted by Crippen LogP contribution is -2.27. The predicted octanol–water partition coefficient (Wildman–Crippen LogP) is 1.48. The molecule has 1 atom stereocenters. The molecule has 0 aromatic heterocycles. The van der Waals surface area contributed by atoms with Crippen molar-refractivity contribution in [2.45, 2.75) is 31.7 Å². The number of hydrogen-bond donors (Lipinski definition) is 2. The van der Waals surface area contributed by atoms with Crippen LogP contribution in [0.4, 0.5) is 0 Å². The Morgan fingerprint density at radius 3 is 2.60 bits per heavy atom. The zero-order valence-electron chi connectivity index (χ0n) is 12.1. The highest BCUT2D eigenvalue weighted by atomic mass is 32.2. The van der Waals surface area contributed by atoms with Gasteiger partial charge in [-0.3, -0.25) is 0 Å². The van der Waals surface area contributed by atoms with Crippen molar-refractivity contribution in [2.75, 3.05) is 13.7 Å². The van der Waals surface area contributed by atoms with Crippen molar-refractivity contribution in [1.82, 2.24) is 4.72 Å². The standard InChI is InChI=1S/C14H22N2O3S/c1-14(2)7-11(14)9-16-20(17,18)12-4-5-13(19-3)10(6-12)8-15/h4-6,11,16H,7-9,15H2,1-3H3. The average molecular weight is 298 g/mol. The summed E-state index contributed by atoms with van der Waals surface area (Å²) in [6, 6.07) is 4.75. The number of hydrogen-bond acceptors (Lipinski definition) is 4. The van der Waals surface area contributed by atoms with E-state index >= 15 is 0 Å². The molecule has 0 bridgehead atoms. The van der Waals surface area contributed by atoms with Gasteiger partial charge in [-0.2, -0.15) is 0 Å². The Bertz CT molecular complexity index is 596. The molecule has 1 fully saturated rings. The Morgan fingerprint density at radius 2 is 2.10 bits per heavy atom.